The van der Waals surface area contributed by atoms with Gasteiger partial charge in [-0.2, -0.15) is 0 Å². The van der Waals surface area contributed by atoms with Gasteiger partial charge in [0, 0.05) is 25.3 Å². The molecule has 2 aromatic rings. The SMILES string of the molecule is CCOc1ccc(C(N)CN(C)Cc2ccccn2)cc1. The van der Waals surface area contributed by atoms with Gasteiger partial charge in [0.05, 0.1) is 12.3 Å². The number of nitrogens with zero attached hydrogens (tertiary/aromatic N) is 2. The topological polar surface area (TPSA) is 51.4 Å². The summed E-state index contributed by atoms with van der Waals surface area (Å²) in [5.41, 5.74) is 8.44. The van der Waals surface area contributed by atoms with E-state index in [4.69, 9.17) is 10.5 Å². The van der Waals surface area contributed by atoms with Crippen LogP contribution < -0.4 is 10.5 Å². The van der Waals surface area contributed by atoms with E-state index in [1.54, 1.807) is 0 Å². The average Bonchev–Trinajstić information content (AvgIpc) is 2.49. The van der Waals surface area contributed by atoms with Crippen molar-refractivity contribution in [3.05, 3.63) is 59.9 Å². The van der Waals surface area contributed by atoms with E-state index in [1.165, 1.54) is 0 Å². The van der Waals surface area contributed by atoms with E-state index < -0.39 is 0 Å². The molecule has 0 spiro atoms. The second kappa shape index (κ2) is 7.76. The zero-order chi connectivity index (χ0) is 15.1. The van der Waals surface area contributed by atoms with E-state index in [2.05, 4.69) is 16.9 Å². The largest absolute Gasteiger partial charge is 0.494 e. The molecular formula is C17H23N3O. The molecule has 1 unspecified atom stereocenters. The van der Waals surface area contributed by atoms with Gasteiger partial charge >= 0.3 is 0 Å². The Morgan fingerprint density at radius 3 is 2.57 bits per heavy atom. The number of ether oxygens (including phenoxy) is 1. The molecule has 2 N–H and O–H groups in total. The van der Waals surface area contributed by atoms with Crippen LogP contribution in [0.3, 0.4) is 0 Å². The summed E-state index contributed by atoms with van der Waals surface area (Å²) in [6.07, 6.45) is 1.82. The van der Waals surface area contributed by atoms with Crippen LogP contribution in [-0.4, -0.2) is 30.1 Å². The molecule has 1 heterocycles. The lowest BCUT2D eigenvalue weighted by atomic mass is 10.1. The predicted molar refractivity (Wildman–Crippen MR) is 85.1 cm³/mol. The van der Waals surface area contributed by atoms with Crippen LogP contribution in [0.5, 0.6) is 5.75 Å². The van der Waals surface area contributed by atoms with E-state index in [0.29, 0.717) is 6.61 Å². The molecule has 0 saturated carbocycles. The number of hydrogen-bond donors (Lipinski definition) is 1. The van der Waals surface area contributed by atoms with Crippen molar-refractivity contribution in [2.24, 2.45) is 5.73 Å². The minimum atomic E-state index is -0.0191. The normalized spacial score (nSPS) is 12.4. The van der Waals surface area contributed by atoms with Gasteiger partial charge in [0.25, 0.3) is 0 Å². The molecule has 4 nitrogen and oxygen atoms in total. The Hall–Kier alpha value is -1.91. The summed E-state index contributed by atoms with van der Waals surface area (Å²) in [5.74, 6) is 0.885. The summed E-state index contributed by atoms with van der Waals surface area (Å²) in [6, 6.07) is 13.9. The second-order valence-corrected chi connectivity index (χ2v) is 5.13. The molecule has 0 aliphatic rings. The van der Waals surface area contributed by atoms with Gasteiger partial charge in [0.1, 0.15) is 5.75 Å². The van der Waals surface area contributed by atoms with Gasteiger partial charge in [-0.15, -0.1) is 0 Å². The summed E-state index contributed by atoms with van der Waals surface area (Å²) in [4.78, 5) is 6.52. The van der Waals surface area contributed by atoms with E-state index in [1.807, 2.05) is 55.6 Å². The molecule has 1 aromatic carbocycles. The molecule has 0 aliphatic heterocycles. The van der Waals surface area contributed by atoms with Gasteiger partial charge in [0.2, 0.25) is 0 Å². The zero-order valence-corrected chi connectivity index (χ0v) is 12.7. The summed E-state index contributed by atoms with van der Waals surface area (Å²) in [7, 11) is 2.06. The van der Waals surface area contributed by atoms with Crippen molar-refractivity contribution in [3.63, 3.8) is 0 Å². The molecule has 1 aromatic heterocycles. The molecule has 112 valence electrons. The lowest BCUT2D eigenvalue weighted by Gasteiger charge is -2.21. The Labute approximate surface area is 126 Å². The van der Waals surface area contributed by atoms with Crippen LogP contribution in [0.1, 0.15) is 24.2 Å². The maximum Gasteiger partial charge on any atom is 0.119 e. The van der Waals surface area contributed by atoms with Gasteiger partial charge in [0.15, 0.2) is 0 Å². The molecule has 2 rings (SSSR count). The Morgan fingerprint density at radius 1 is 1.19 bits per heavy atom. The Bertz CT molecular complexity index is 527. The van der Waals surface area contributed by atoms with Gasteiger partial charge in [-0.25, -0.2) is 0 Å². The van der Waals surface area contributed by atoms with Crippen molar-refractivity contribution in [1.29, 1.82) is 0 Å². The molecule has 0 fully saturated rings. The minimum Gasteiger partial charge on any atom is -0.494 e. The van der Waals surface area contributed by atoms with Crippen molar-refractivity contribution >= 4 is 0 Å². The smallest absolute Gasteiger partial charge is 0.119 e. The molecule has 21 heavy (non-hydrogen) atoms. The number of likely N-dealkylation sites (N-methyl/N-ethyl adjacent to an activating group) is 1. The van der Waals surface area contributed by atoms with Crippen molar-refractivity contribution in [2.45, 2.75) is 19.5 Å². The third kappa shape index (κ3) is 4.85. The van der Waals surface area contributed by atoms with Gasteiger partial charge in [-0.1, -0.05) is 18.2 Å². The maximum absolute atomic E-state index is 6.27. The molecule has 4 heteroatoms. The average molecular weight is 285 g/mol. The molecular weight excluding hydrogens is 262 g/mol. The second-order valence-electron chi connectivity index (χ2n) is 5.13. The van der Waals surface area contributed by atoms with Gasteiger partial charge < -0.3 is 10.5 Å². The van der Waals surface area contributed by atoms with Crippen LogP contribution in [0.15, 0.2) is 48.7 Å². The number of pyridine rings is 1. The zero-order valence-electron chi connectivity index (χ0n) is 12.7. The number of aromatic nitrogens is 1. The van der Waals surface area contributed by atoms with E-state index in [0.717, 1.165) is 30.1 Å². The molecule has 0 aliphatic carbocycles. The lowest BCUT2D eigenvalue weighted by Crippen LogP contribution is -2.29. The first kappa shape index (κ1) is 15.5. The lowest BCUT2D eigenvalue weighted by molar-refractivity contribution is 0.301. The standard InChI is InChI=1S/C17H23N3O/c1-3-21-16-9-7-14(8-10-16)17(18)13-20(2)12-15-6-4-5-11-19-15/h4-11,17H,3,12-13,18H2,1-2H3. The van der Waals surface area contributed by atoms with Crippen LogP contribution >= 0.6 is 0 Å². The number of nitrogens with two attached hydrogens (primary N) is 1. The minimum absolute atomic E-state index is 0.0191. The van der Waals surface area contributed by atoms with E-state index >= 15 is 0 Å². The van der Waals surface area contributed by atoms with Crippen LogP contribution in [0.25, 0.3) is 0 Å². The van der Waals surface area contributed by atoms with Crippen LogP contribution in [0.2, 0.25) is 0 Å². The van der Waals surface area contributed by atoms with Crippen molar-refractivity contribution in [2.75, 3.05) is 20.2 Å². The first-order valence-electron chi connectivity index (χ1n) is 7.26. The summed E-state index contributed by atoms with van der Waals surface area (Å²) in [6.45, 7) is 4.24. The molecule has 0 amide bonds. The van der Waals surface area contributed by atoms with Crippen LogP contribution in [0, 0.1) is 0 Å². The number of hydrogen-bond acceptors (Lipinski definition) is 4. The quantitative estimate of drug-likeness (QED) is 0.849. The fourth-order valence-electron chi connectivity index (χ4n) is 2.25. The van der Waals surface area contributed by atoms with E-state index in [9.17, 15) is 0 Å². The Balaban J connectivity index is 1.89. The van der Waals surface area contributed by atoms with Crippen molar-refractivity contribution in [1.82, 2.24) is 9.88 Å². The van der Waals surface area contributed by atoms with Crippen molar-refractivity contribution in [3.8, 4) is 5.75 Å². The van der Waals surface area contributed by atoms with Crippen LogP contribution in [-0.2, 0) is 6.54 Å². The van der Waals surface area contributed by atoms with Gasteiger partial charge in [-0.3, -0.25) is 9.88 Å². The molecule has 0 bridgehead atoms. The molecule has 0 saturated heterocycles. The summed E-state index contributed by atoms with van der Waals surface area (Å²) < 4.78 is 5.44. The summed E-state index contributed by atoms with van der Waals surface area (Å²) in [5, 5.41) is 0. The first-order valence-corrected chi connectivity index (χ1v) is 7.26. The highest BCUT2D eigenvalue weighted by Crippen LogP contribution is 2.17. The summed E-state index contributed by atoms with van der Waals surface area (Å²) >= 11 is 0. The van der Waals surface area contributed by atoms with Gasteiger partial charge in [-0.05, 0) is 43.8 Å². The number of benzene rings is 1. The monoisotopic (exact) mass is 285 g/mol. The highest BCUT2D eigenvalue weighted by Gasteiger charge is 2.10. The third-order valence-electron chi connectivity index (χ3n) is 3.29. The Morgan fingerprint density at radius 2 is 1.95 bits per heavy atom. The third-order valence-corrected chi connectivity index (χ3v) is 3.29. The maximum atomic E-state index is 6.27. The first-order chi connectivity index (χ1) is 10.2. The van der Waals surface area contributed by atoms with Crippen molar-refractivity contribution < 1.29 is 4.74 Å². The molecule has 0 radical (unpaired) electrons. The Kier molecular flexibility index (Phi) is 5.72. The number of rotatable bonds is 7. The van der Waals surface area contributed by atoms with E-state index in [-0.39, 0.29) is 6.04 Å². The predicted octanol–water partition coefficient (Wildman–Crippen LogP) is 2.61. The fourth-order valence-corrected chi connectivity index (χ4v) is 2.25. The van der Waals surface area contributed by atoms with Crippen LogP contribution in [0.4, 0.5) is 0 Å². The molecule has 1 atom stereocenters. The highest BCUT2D eigenvalue weighted by atomic mass is 16.5. The highest BCUT2D eigenvalue weighted by molar-refractivity contribution is 5.29. The fraction of sp³-hybridized carbons (Fsp3) is 0.353.